The molecule has 0 bridgehead atoms. The Kier molecular flexibility index (Phi) is 5.48. The Morgan fingerprint density at radius 2 is 2.11 bits per heavy atom. The summed E-state index contributed by atoms with van der Waals surface area (Å²) in [6.07, 6.45) is 7.11. The smallest absolute Gasteiger partial charge is 0.220 e. The number of guanidine groups is 1. The molecule has 0 atom stereocenters. The number of rotatable bonds is 5. The SMILES string of the molecule is CN1CCN=C1NCCNC(=O)CC1CCCCC1. The second-order valence-electron chi connectivity index (χ2n) is 5.61. The predicted molar refractivity (Wildman–Crippen MR) is 77.1 cm³/mol. The largest absolute Gasteiger partial charge is 0.354 e. The lowest BCUT2D eigenvalue weighted by molar-refractivity contribution is -0.122. The zero-order valence-electron chi connectivity index (χ0n) is 12.0. The molecule has 1 aliphatic heterocycles. The first kappa shape index (κ1) is 14.2. The maximum absolute atomic E-state index is 11.8. The van der Waals surface area contributed by atoms with Crippen LogP contribution in [0.1, 0.15) is 38.5 Å². The van der Waals surface area contributed by atoms with Crippen molar-refractivity contribution in [1.82, 2.24) is 15.5 Å². The minimum absolute atomic E-state index is 0.204. The second kappa shape index (κ2) is 7.36. The standard InChI is InChI=1S/C14H26N4O/c1-18-10-9-17-14(18)16-8-7-15-13(19)11-12-5-3-2-4-6-12/h12H,2-11H2,1H3,(H,15,19)(H,16,17). The lowest BCUT2D eigenvalue weighted by Gasteiger charge is -2.21. The maximum Gasteiger partial charge on any atom is 0.220 e. The van der Waals surface area contributed by atoms with E-state index < -0.39 is 0 Å². The molecule has 5 heteroatoms. The van der Waals surface area contributed by atoms with E-state index >= 15 is 0 Å². The van der Waals surface area contributed by atoms with E-state index in [1.165, 1.54) is 32.1 Å². The van der Waals surface area contributed by atoms with Crippen LogP contribution in [0.4, 0.5) is 0 Å². The molecule has 0 radical (unpaired) electrons. The third-order valence-electron chi connectivity index (χ3n) is 3.99. The molecule has 0 aromatic carbocycles. The van der Waals surface area contributed by atoms with Crippen molar-refractivity contribution in [2.75, 3.05) is 33.2 Å². The Bertz CT molecular complexity index is 323. The summed E-state index contributed by atoms with van der Waals surface area (Å²) >= 11 is 0. The van der Waals surface area contributed by atoms with Gasteiger partial charge in [-0.2, -0.15) is 0 Å². The minimum Gasteiger partial charge on any atom is -0.354 e. The Labute approximate surface area is 115 Å². The Hall–Kier alpha value is -1.26. The van der Waals surface area contributed by atoms with Crippen LogP contribution in [0, 0.1) is 5.92 Å². The number of amides is 1. The van der Waals surface area contributed by atoms with Gasteiger partial charge in [-0.15, -0.1) is 0 Å². The number of nitrogens with one attached hydrogen (secondary N) is 2. The lowest BCUT2D eigenvalue weighted by atomic mass is 9.87. The van der Waals surface area contributed by atoms with Gasteiger partial charge in [-0.1, -0.05) is 19.3 Å². The normalized spacial score (nSPS) is 20.3. The molecule has 1 saturated carbocycles. The summed E-state index contributed by atoms with van der Waals surface area (Å²) in [4.78, 5) is 18.2. The van der Waals surface area contributed by atoms with Crippen LogP contribution in [-0.4, -0.2) is 50.0 Å². The van der Waals surface area contributed by atoms with Gasteiger partial charge in [0.15, 0.2) is 5.96 Å². The molecule has 19 heavy (non-hydrogen) atoms. The Balaban J connectivity index is 1.53. The van der Waals surface area contributed by atoms with Crippen molar-refractivity contribution < 1.29 is 4.79 Å². The second-order valence-corrected chi connectivity index (χ2v) is 5.61. The van der Waals surface area contributed by atoms with Crippen molar-refractivity contribution in [3.05, 3.63) is 0 Å². The molecule has 0 saturated heterocycles. The summed E-state index contributed by atoms with van der Waals surface area (Å²) in [5.41, 5.74) is 0. The fraction of sp³-hybridized carbons (Fsp3) is 0.857. The van der Waals surface area contributed by atoms with Gasteiger partial charge in [0.2, 0.25) is 5.91 Å². The van der Waals surface area contributed by atoms with Crippen molar-refractivity contribution in [1.29, 1.82) is 0 Å². The number of aliphatic imine (C=N–C) groups is 1. The molecule has 0 aromatic heterocycles. The quantitative estimate of drug-likeness (QED) is 0.729. The van der Waals surface area contributed by atoms with Gasteiger partial charge in [-0.05, 0) is 18.8 Å². The van der Waals surface area contributed by atoms with Gasteiger partial charge in [-0.25, -0.2) is 0 Å². The number of hydrogen-bond acceptors (Lipinski definition) is 4. The summed E-state index contributed by atoms with van der Waals surface area (Å²) in [6.45, 7) is 3.28. The topological polar surface area (TPSA) is 56.7 Å². The van der Waals surface area contributed by atoms with Crippen LogP contribution >= 0.6 is 0 Å². The highest BCUT2D eigenvalue weighted by Gasteiger charge is 2.16. The Morgan fingerprint density at radius 1 is 1.32 bits per heavy atom. The summed E-state index contributed by atoms with van der Waals surface area (Å²) in [5.74, 6) is 1.77. The summed E-state index contributed by atoms with van der Waals surface area (Å²) in [7, 11) is 2.03. The first-order valence-electron chi connectivity index (χ1n) is 7.52. The van der Waals surface area contributed by atoms with Crippen LogP contribution in [0.15, 0.2) is 4.99 Å². The molecule has 0 aromatic rings. The van der Waals surface area contributed by atoms with Crippen LogP contribution in [0.25, 0.3) is 0 Å². The average Bonchev–Trinajstić information content (AvgIpc) is 2.81. The fourth-order valence-electron chi connectivity index (χ4n) is 2.83. The molecule has 2 aliphatic rings. The highest BCUT2D eigenvalue weighted by Crippen LogP contribution is 2.25. The lowest BCUT2D eigenvalue weighted by Crippen LogP contribution is -2.40. The molecule has 1 heterocycles. The van der Waals surface area contributed by atoms with Crippen molar-refractivity contribution >= 4 is 11.9 Å². The van der Waals surface area contributed by atoms with E-state index in [2.05, 4.69) is 20.5 Å². The van der Waals surface area contributed by atoms with E-state index in [4.69, 9.17) is 0 Å². The molecular formula is C14H26N4O. The first-order chi connectivity index (χ1) is 9.25. The summed E-state index contributed by atoms with van der Waals surface area (Å²) in [6, 6.07) is 0. The molecule has 1 amide bonds. The van der Waals surface area contributed by atoms with Crippen molar-refractivity contribution in [3.8, 4) is 0 Å². The van der Waals surface area contributed by atoms with E-state index in [1.54, 1.807) is 0 Å². The van der Waals surface area contributed by atoms with E-state index in [9.17, 15) is 4.79 Å². The van der Waals surface area contributed by atoms with Crippen molar-refractivity contribution in [2.45, 2.75) is 38.5 Å². The third-order valence-corrected chi connectivity index (χ3v) is 3.99. The minimum atomic E-state index is 0.204. The van der Waals surface area contributed by atoms with Crippen LogP contribution < -0.4 is 10.6 Å². The number of carbonyl (C=O) groups is 1. The third kappa shape index (κ3) is 4.73. The highest BCUT2D eigenvalue weighted by atomic mass is 16.1. The molecule has 1 fully saturated rings. The molecule has 1 aliphatic carbocycles. The van der Waals surface area contributed by atoms with Crippen LogP contribution in [0.2, 0.25) is 0 Å². The average molecular weight is 266 g/mol. The molecule has 2 rings (SSSR count). The summed E-state index contributed by atoms with van der Waals surface area (Å²) in [5, 5.41) is 6.25. The van der Waals surface area contributed by atoms with Gasteiger partial charge in [-0.3, -0.25) is 9.79 Å². The number of hydrogen-bond donors (Lipinski definition) is 2. The molecule has 5 nitrogen and oxygen atoms in total. The maximum atomic E-state index is 11.8. The first-order valence-corrected chi connectivity index (χ1v) is 7.52. The van der Waals surface area contributed by atoms with Crippen molar-refractivity contribution in [3.63, 3.8) is 0 Å². The number of carbonyl (C=O) groups excluding carboxylic acids is 1. The van der Waals surface area contributed by atoms with Gasteiger partial charge in [0.1, 0.15) is 0 Å². The zero-order chi connectivity index (χ0) is 13.5. The molecule has 0 spiro atoms. The molecule has 0 unspecified atom stereocenters. The molecule has 2 N–H and O–H groups in total. The van der Waals surface area contributed by atoms with E-state index in [-0.39, 0.29) is 5.91 Å². The van der Waals surface area contributed by atoms with Gasteiger partial charge < -0.3 is 15.5 Å². The zero-order valence-corrected chi connectivity index (χ0v) is 12.0. The van der Waals surface area contributed by atoms with E-state index in [0.717, 1.165) is 25.6 Å². The van der Waals surface area contributed by atoms with Gasteiger partial charge in [0.25, 0.3) is 0 Å². The summed E-state index contributed by atoms with van der Waals surface area (Å²) < 4.78 is 0. The van der Waals surface area contributed by atoms with Crippen LogP contribution in [0.3, 0.4) is 0 Å². The van der Waals surface area contributed by atoms with Gasteiger partial charge in [0, 0.05) is 33.1 Å². The van der Waals surface area contributed by atoms with Gasteiger partial charge in [0.05, 0.1) is 6.54 Å². The molecular weight excluding hydrogens is 240 g/mol. The monoisotopic (exact) mass is 266 g/mol. The van der Waals surface area contributed by atoms with Crippen molar-refractivity contribution in [2.24, 2.45) is 10.9 Å². The van der Waals surface area contributed by atoms with Crippen LogP contribution in [-0.2, 0) is 4.79 Å². The molecule has 108 valence electrons. The van der Waals surface area contributed by atoms with E-state index in [0.29, 0.717) is 18.9 Å². The predicted octanol–water partition coefficient (Wildman–Crippen LogP) is 0.964. The number of likely N-dealkylation sites (N-methyl/N-ethyl adjacent to an activating group) is 1. The van der Waals surface area contributed by atoms with Gasteiger partial charge >= 0.3 is 0 Å². The number of nitrogens with zero attached hydrogens (tertiary/aromatic N) is 2. The highest BCUT2D eigenvalue weighted by molar-refractivity contribution is 5.81. The fourth-order valence-corrected chi connectivity index (χ4v) is 2.83. The van der Waals surface area contributed by atoms with E-state index in [1.807, 2.05) is 7.05 Å². The Morgan fingerprint density at radius 3 is 2.79 bits per heavy atom. The van der Waals surface area contributed by atoms with Crippen LogP contribution in [0.5, 0.6) is 0 Å².